The average Bonchev–Trinajstić information content (AvgIpc) is 2.96. The lowest BCUT2D eigenvalue weighted by molar-refractivity contribution is -0.126. The molecule has 5 nitrogen and oxygen atoms in total. The average molecular weight is 483 g/mol. The van der Waals surface area contributed by atoms with Crippen LogP contribution in [0.15, 0.2) is 52.6 Å². The van der Waals surface area contributed by atoms with Gasteiger partial charge in [0.1, 0.15) is 5.75 Å². The summed E-state index contributed by atoms with van der Waals surface area (Å²) in [5.41, 5.74) is 3.69. The first-order valence-corrected chi connectivity index (χ1v) is 11.2. The smallest absolute Gasteiger partial charge is 0.238 e. The number of hydrogen-bond donors (Lipinski definition) is 0. The lowest BCUT2D eigenvalue weighted by Gasteiger charge is -2.37. The summed E-state index contributed by atoms with van der Waals surface area (Å²) >= 11 is 3.68. The molecule has 0 atom stereocenters. The van der Waals surface area contributed by atoms with E-state index in [4.69, 9.17) is 4.74 Å². The lowest BCUT2D eigenvalue weighted by Crippen LogP contribution is -2.44. The fourth-order valence-electron chi connectivity index (χ4n) is 4.60. The van der Waals surface area contributed by atoms with Gasteiger partial charge in [-0.05, 0) is 71.1 Å². The van der Waals surface area contributed by atoms with E-state index in [1.54, 1.807) is 7.11 Å². The number of Topliss-reactive ketones (excluding diaryl/α,β-unsaturated/α-hetero) is 1. The van der Waals surface area contributed by atoms with Crippen molar-refractivity contribution < 1.29 is 14.3 Å². The van der Waals surface area contributed by atoms with E-state index in [1.807, 2.05) is 73.4 Å². The minimum Gasteiger partial charge on any atom is -0.497 e. The first-order valence-electron chi connectivity index (χ1n) is 10.5. The van der Waals surface area contributed by atoms with E-state index in [0.717, 1.165) is 46.3 Å². The summed E-state index contributed by atoms with van der Waals surface area (Å²) in [5, 5.41) is 0. The summed E-state index contributed by atoms with van der Waals surface area (Å²) < 4.78 is 6.04. The van der Waals surface area contributed by atoms with Gasteiger partial charge in [-0.3, -0.25) is 9.59 Å². The molecule has 1 saturated carbocycles. The molecule has 2 aromatic rings. The second kappa shape index (κ2) is 8.15. The fraction of sp³-hybridized carbons (Fsp3) is 0.360. The molecule has 162 valence electrons. The maximum Gasteiger partial charge on any atom is 0.238 e. The monoisotopic (exact) mass is 482 g/mol. The Bertz CT molecular complexity index is 1070. The van der Waals surface area contributed by atoms with Crippen LogP contribution in [0.3, 0.4) is 0 Å². The molecule has 0 bridgehead atoms. The van der Waals surface area contributed by atoms with Crippen molar-refractivity contribution in [1.29, 1.82) is 0 Å². The molecule has 1 aliphatic heterocycles. The van der Waals surface area contributed by atoms with E-state index in [9.17, 15) is 9.59 Å². The van der Waals surface area contributed by atoms with Gasteiger partial charge in [-0.25, -0.2) is 0 Å². The van der Waals surface area contributed by atoms with Crippen LogP contribution in [-0.2, 0) is 16.8 Å². The molecule has 0 unspecified atom stereocenters. The molecule has 0 saturated heterocycles. The first kappa shape index (κ1) is 21.6. The number of rotatable bonds is 6. The van der Waals surface area contributed by atoms with Crippen molar-refractivity contribution in [2.45, 2.75) is 38.1 Å². The van der Waals surface area contributed by atoms with Crippen LogP contribution in [0.4, 0.5) is 5.69 Å². The number of benzene rings is 2. The van der Waals surface area contributed by atoms with Crippen molar-refractivity contribution in [3.8, 4) is 5.75 Å². The van der Waals surface area contributed by atoms with Crippen molar-refractivity contribution in [3.05, 3.63) is 69.3 Å². The van der Waals surface area contributed by atoms with Gasteiger partial charge in [0.25, 0.3) is 0 Å². The van der Waals surface area contributed by atoms with Crippen molar-refractivity contribution in [1.82, 2.24) is 4.90 Å². The molecular weight excluding hydrogens is 456 g/mol. The fourth-order valence-corrected chi connectivity index (χ4v) is 5.27. The number of ketones is 1. The minimum absolute atomic E-state index is 0.0206. The molecule has 1 heterocycles. The molecule has 31 heavy (non-hydrogen) atoms. The van der Waals surface area contributed by atoms with Gasteiger partial charge in [0, 0.05) is 35.9 Å². The number of carbonyl (C=O) groups excluding carboxylic acids is 2. The molecule has 0 N–H and O–H groups in total. The standard InChI is InChI=1S/C25H27BrN2O3/c1-16(14-27(2)3)23(29)18-12-20-22(21(26)13-18)28(24(30)25(20)10-5-11-25)15-17-6-8-19(31-4)9-7-17/h6-9,12-14H,5,10-11,15H2,1-4H3/b16-14+. The van der Waals surface area contributed by atoms with Gasteiger partial charge in [-0.15, -0.1) is 0 Å². The number of ether oxygens (including phenoxy) is 1. The Labute approximate surface area is 191 Å². The number of nitrogens with zero attached hydrogens (tertiary/aromatic N) is 2. The topological polar surface area (TPSA) is 49.9 Å². The molecule has 2 aliphatic rings. The normalized spacial score (nSPS) is 16.9. The number of anilines is 1. The van der Waals surface area contributed by atoms with Crippen LogP contribution in [0.5, 0.6) is 5.75 Å². The van der Waals surface area contributed by atoms with Crippen molar-refractivity contribution >= 4 is 33.3 Å². The van der Waals surface area contributed by atoms with E-state index < -0.39 is 5.41 Å². The maximum absolute atomic E-state index is 13.6. The van der Waals surface area contributed by atoms with Crippen LogP contribution < -0.4 is 9.64 Å². The Morgan fingerprint density at radius 2 is 1.90 bits per heavy atom. The van der Waals surface area contributed by atoms with Gasteiger partial charge in [-0.2, -0.15) is 0 Å². The van der Waals surface area contributed by atoms with Crippen molar-refractivity contribution in [2.24, 2.45) is 0 Å². The largest absolute Gasteiger partial charge is 0.497 e. The van der Waals surface area contributed by atoms with Crippen molar-refractivity contribution in [2.75, 3.05) is 26.1 Å². The minimum atomic E-state index is -0.500. The zero-order valence-corrected chi connectivity index (χ0v) is 20.0. The molecule has 1 fully saturated rings. The SMILES string of the molecule is COc1ccc(CN2C(=O)C3(CCC3)c3cc(C(=O)/C(C)=C/N(C)C)cc(Br)c32)cc1. The number of amides is 1. The molecule has 4 rings (SSSR count). The summed E-state index contributed by atoms with van der Waals surface area (Å²) in [6.45, 7) is 2.31. The highest BCUT2D eigenvalue weighted by Crippen LogP contribution is 2.56. The molecule has 2 aromatic carbocycles. The quantitative estimate of drug-likeness (QED) is 0.425. The number of methoxy groups -OCH3 is 1. The molecular formula is C25H27BrN2O3. The summed E-state index contributed by atoms with van der Waals surface area (Å²) in [4.78, 5) is 30.4. The van der Waals surface area contributed by atoms with Crippen LogP contribution in [-0.4, -0.2) is 37.8 Å². The predicted octanol–water partition coefficient (Wildman–Crippen LogP) is 5.07. The lowest BCUT2D eigenvalue weighted by atomic mass is 9.65. The molecule has 0 aromatic heterocycles. The summed E-state index contributed by atoms with van der Waals surface area (Å²) in [6.07, 6.45) is 4.50. The Morgan fingerprint density at radius 1 is 1.23 bits per heavy atom. The third-order valence-electron chi connectivity index (χ3n) is 6.28. The molecule has 0 radical (unpaired) electrons. The van der Waals surface area contributed by atoms with E-state index in [0.29, 0.717) is 17.7 Å². The van der Waals surface area contributed by atoms with E-state index in [1.165, 1.54) is 0 Å². The van der Waals surface area contributed by atoms with E-state index >= 15 is 0 Å². The van der Waals surface area contributed by atoms with Crippen LogP contribution in [0.2, 0.25) is 0 Å². The summed E-state index contributed by atoms with van der Waals surface area (Å²) in [5.74, 6) is 0.904. The number of carbonyl (C=O) groups is 2. The predicted molar refractivity (Wildman–Crippen MR) is 126 cm³/mol. The van der Waals surface area contributed by atoms with Crippen LogP contribution >= 0.6 is 15.9 Å². The number of allylic oxidation sites excluding steroid dienone is 1. The first-order chi connectivity index (χ1) is 14.8. The van der Waals surface area contributed by atoms with E-state index in [2.05, 4.69) is 15.9 Å². The van der Waals surface area contributed by atoms with Gasteiger partial charge < -0.3 is 14.5 Å². The Hall–Kier alpha value is -2.60. The summed E-state index contributed by atoms with van der Waals surface area (Å²) in [6, 6.07) is 11.6. The highest BCUT2D eigenvalue weighted by Gasteiger charge is 2.55. The van der Waals surface area contributed by atoms with Gasteiger partial charge in [0.05, 0.1) is 24.8 Å². The zero-order chi connectivity index (χ0) is 22.3. The van der Waals surface area contributed by atoms with Crippen LogP contribution in [0, 0.1) is 0 Å². The van der Waals surface area contributed by atoms with Crippen LogP contribution in [0.1, 0.15) is 47.7 Å². The molecule has 6 heteroatoms. The number of halogens is 1. The molecule has 1 aliphatic carbocycles. The summed E-state index contributed by atoms with van der Waals surface area (Å²) in [7, 11) is 5.43. The van der Waals surface area contributed by atoms with Gasteiger partial charge in [-0.1, -0.05) is 18.6 Å². The Kier molecular flexibility index (Phi) is 5.69. The molecule has 1 amide bonds. The second-order valence-corrected chi connectivity index (χ2v) is 9.49. The number of hydrogen-bond acceptors (Lipinski definition) is 4. The maximum atomic E-state index is 13.6. The third kappa shape index (κ3) is 3.67. The highest BCUT2D eigenvalue weighted by molar-refractivity contribution is 9.10. The third-order valence-corrected chi connectivity index (χ3v) is 6.89. The Morgan fingerprint density at radius 3 is 2.45 bits per heavy atom. The van der Waals surface area contributed by atoms with Gasteiger partial charge in [0.15, 0.2) is 5.78 Å². The van der Waals surface area contributed by atoms with Gasteiger partial charge >= 0.3 is 0 Å². The highest BCUT2D eigenvalue weighted by atomic mass is 79.9. The Balaban J connectivity index is 1.75. The van der Waals surface area contributed by atoms with Gasteiger partial charge in [0.2, 0.25) is 5.91 Å². The van der Waals surface area contributed by atoms with Crippen LogP contribution in [0.25, 0.3) is 0 Å². The number of fused-ring (bicyclic) bond motifs is 2. The van der Waals surface area contributed by atoms with E-state index in [-0.39, 0.29) is 11.7 Å². The second-order valence-electron chi connectivity index (χ2n) is 8.63. The zero-order valence-electron chi connectivity index (χ0n) is 18.4. The van der Waals surface area contributed by atoms with Crippen molar-refractivity contribution in [3.63, 3.8) is 0 Å². The molecule has 1 spiro atoms.